The highest BCUT2D eigenvalue weighted by Crippen LogP contribution is 2.23. The zero-order valence-corrected chi connectivity index (χ0v) is 14.2. The molecule has 0 aromatic heterocycles. The van der Waals surface area contributed by atoms with Gasteiger partial charge in [-0.3, -0.25) is 4.90 Å². The van der Waals surface area contributed by atoms with Crippen molar-refractivity contribution in [2.45, 2.75) is 39.7 Å². The summed E-state index contributed by atoms with van der Waals surface area (Å²) >= 11 is 0. The monoisotopic (exact) mass is 289 g/mol. The minimum absolute atomic E-state index is 0.641. The summed E-state index contributed by atoms with van der Waals surface area (Å²) in [5, 5.41) is 3.45. The normalized spacial score (nSPS) is 18.0. The largest absolute Gasteiger partial charge is 0.369 e. The number of nitrogens with one attached hydrogen (secondary N) is 1. The first-order valence-electron chi connectivity index (χ1n) is 8.36. The molecule has 0 aliphatic carbocycles. The predicted molar refractivity (Wildman–Crippen MR) is 92.3 cm³/mol. The number of likely N-dealkylation sites (N-methyl/N-ethyl adjacent to an activating group) is 1. The van der Waals surface area contributed by atoms with Crippen LogP contribution in [0.5, 0.6) is 0 Å². The summed E-state index contributed by atoms with van der Waals surface area (Å²) in [5.41, 5.74) is 4.26. The average molecular weight is 289 g/mol. The van der Waals surface area contributed by atoms with E-state index in [0.717, 1.165) is 13.1 Å². The third kappa shape index (κ3) is 4.21. The van der Waals surface area contributed by atoms with Crippen molar-refractivity contribution in [1.82, 2.24) is 10.2 Å². The average Bonchev–Trinajstić information content (AvgIpc) is 2.50. The standard InChI is InChI=1S/C18H31N3/c1-5-7-17(19-4)14-20-10-12-21(13-11-20)18-9-6-8-15(2)16(18)3/h6,8-9,17,19H,5,7,10-14H2,1-4H3. The second-order valence-corrected chi connectivity index (χ2v) is 6.28. The highest BCUT2D eigenvalue weighted by Gasteiger charge is 2.20. The maximum absolute atomic E-state index is 3.45. The molecule has 0 spiro atoms. The van der Waals surface area contributed by atoms with Gasteiger partial charge < -0.3 is 10.2 Å². The van der Waals surface area contributed by atoms with Gasteiger partial charge in [0.1, 0.15) is 0 Å². The molecule has 0 amide bonds. The summed E-state index contributed by atoms with van der Waals surface area (Å²) in [6, 6.07) is 7.30. The molecule has 1 aliphatic heterocycles. The van der Waals surface area contributed by atoms with E-state index in [1.165, 1.54) is 49.3 Å². The first-order chi connectivity index (χ1) is 10.2. The number of nitrogens with zero attached hydrogens (tertiary/aromatic N) is 2. The van der Waals surface area contributed by atoms with Gasteiger partial charge in [-0.15, -0.1) is 0 Å². The quantitative estimate of drug-likeness (QED) is 0.869. The Bertz CT molecular complexity index is 436. The van der Waals surface area contributed by atoms with Gasteiger partial charge in [-0.1, -0.05) is 25.5 Å². The van der Waals surface area contributed by atoms with Crippen molar-refractivity contribution in [3.05, 3.63) is 29.3 Å². The Kier molecular flexibility index (Phi) is 6.07. The molecular weight excluding hydrogens is 258 g/mol. The van der Waals surface area contributed by atoms with Gasteiger partial charge in [-0.05, 0) is 44.5 Å². The number of aryl methyl sites for hydroxylation is 1. The molecule has 1 aromatic carbocycles. The Hall–Kier alpha value is -1.06. The molecule has 2 rings (SSSR count). The lowest BCUT2D eigenvalue weighted by Crippen LogP contribution is -2.50. The molecule has 3 heteroatoms. The molecule has 1 heterocycles. The molecular formula is C18H31N3. The van der Waals surface area contributed by atoms with Crippen LogP contribution in [0.1, 0.15) is 30.9 Å². The van der Waals surface area contributed by atoms with Crippen molar-refractivity contribution in [2.75, 3.05) is 44.7 Å². The lowest BCUT2D eigenvalue weighted by Gasteiger charge is -2.38. The maximum Gasteiger partial charge on any atom is 0.0399 e. The van der Waals surface area contributed by atoms with Gasteiger partial charge >= 0.3 is 0 Å². The van der Waals surface area contributed by atoms with Crippen molar-refractivity contribution < 1.29 is 0 Å². The van der Waals surface area contributed by atoms with E-state index in [2.05, 4.69) is 61.1 Å². The van der Waals surface area contributed by atoms with Crippen LogP contribution in [0.2, 0.25) is 0 Å². The Labute approximate surface area is 130 Å². The molecule has 1 atom stereocenters. The van der Waals surface area contributed by atoms with Crippen LogP contribution in [-0.4, -0.2) is 50.7 Å². The van der Waals surface area contributed by atoms with E-state index >= 15 is 0 Å². The molecule has 0 saturated carbocycles. The van der Waals surface area contributed by atoms with Gasteiger partial charge in [0.15, 0.2) is 0 Å². The number of hydrogen-bond acceptors (Lipinski definition) is 3. The van der Waals surface area contributed by atoms with Crippen molar-refractivity contribution in [3.8, 4) is 0 Å². The van der Waals surface area contributed by atoms with E-state index < -0.39 is 0 Å². The SMILES string of the molecule is CCCC(CN1CCN(c2cccc(C)c2C)CC1)NC. The fraction of sp³-hybridized carbons (Fsp3) is 0.667. The fourth-order valence-electron chi connectivity index (χ4n) is 3.24. The van der Waals surface area contributed by atoms with Gasteiger partial charge in [0.05, 0.1) is 0 Å². The summed E-state index contributed by atoms with van der Waals surface area (Å²) in [5.74, 6) is 0. The molecule has 3 nitrogen and oxygen atoms in total. The minimum atomic E-state index is 0.641. The Morgan fingerprint density at radius 1 is 1.14 bits per heavy atom. The Morgan fingerprint density at radius 2 is 1.86 bits per heavy atom. The molecule has 0 radical (unpaired) electrons. The van der Waals surface area contributed by atoms with Crippen LogP contribution in [0.3, 0.4) is 0 Å². The van der Waals surface area contributed by atoms with Crippen LogP contribution in [-0.2, 0) is 0 Å². The van der Waals surface area contributed by atoms with Crippen molar-refractivity contribution >= 4 is 5.69 Å². The third-order valence-electron chi connectivity index (χ3n) is 4.81. The minimum Gasteiger partial charge on any atom is -0.369 e. The number of benzene rings is 1. The first-order valence-corrected chi connectivity index (χ1v) is 8.36. The maximum atomic E-state index is 3.45. The number of hydrogen-bond donors (Lipinski definition) is 1. The van der Waals surface area contributed by atoms with Crippen LogP contribution in [0.25, 0.3) is 0 Å². The molecule has 1 fully saturated rings. The van der Waals surface area contributed by atoms with E-state index in [0.29, 0.717) is 6.04 Å². The number of piperazine rings is 1. The first kappa shape index (κ1) is 16.3. The van der Waals surface area contributed by atoms with Crippen LogP contribution in [0.4, 0.5) is 5.69 Å². The summed E-state index contributed by atoms with van der Waals surface area (Å²) in [6.45, 7) is 12.5. The van der Waals surface area contributed by atoms with E-state index in [4.69, 9.17) is 0 Å². The van der Waals surface area contributed by atoms with E-state index in [9.17, 15) is 0 Å². The van der Waals surface area contributed by atoms with Crippen LogP contribution in [0.15, 0.2) is 18.2 Å². The summed E-state index contributed by atoms with van der Waals surface area (Å²) in [4.78, 5) is 5.16. The van der Waals surface area contributed by atoms with E-state index in [-0.39, 0.29) is 0 Å². The summed E-state index contributed by atoms with van der Waals surface area (Å²) in [6.07, 6.45) is 2.53. The van der Waals surface area contributed by atoms with E-state index in [1.54, 1.807) is 0 Å². The zero-order chi connectivity index (χ0) is 15.2. The second-order valence-electron chi connectivity index (χ2n) is 6.28. The lowest BCUT2D eigenvalue weighted by atomic mass is 10.1. The van der Waals surface area contributed by atoms with Gasteiger partial charge in [-0.2, -0.15) is 0 Å². The van der Waals surface area contributed by atoms with Crippen molar-refractivity contribution in [1.29, 1.82) is 0 Å². The molecule has 1 N–H and O–H groups in total. The highest BCUT2D eigenvalue weighted by atomic mass is 15.3. The van der Waals surface area contributed by atoms with E-state index in [1.807, 2.05) is 0 Å². The fourth-order valence-corrected chi connectivity index (χ4v) is 3.24. The zero-order valence-electron chi connectivity index (χ0n) is 14.2. The topological polar surface area (TPSA) is 18.5 Å². The molecule has 21 heavy (non-hydrogen) atoms. The Morgan fingerprint density at radius 3 is 2.48 bits per heavy atom. The predicted octanol–water partition coefficient (Wildman–Crippen LogP) is 2.81. The van der Waals surface area contributed by atoms with Gasteiger partial charge in [0, 0.05) is 44.5 Å². The Balaban J connectivity index is 1.89. The molecule has 1 saturated heterocycles. The molecule has 1 aliphatic rings. The van der Waals surface area contributed by atoms with Crippen LogP contribution < -0.4 is 10.2 Å². The van der Waals surface area contributed by atoms with Crippen molar-refractivity contribution in [2.24, 2.45) is 0 Å². The summed E-state index contributed by atoms with van der Waals surface area (Å²) < 4.78 is 0. The molecule has 118 valence electrons. The third-order valence-corrected chi connectivity index (χ3v) is 4.81. The smallest absolute Gasteiger partial charge is 0.0399 e. The molecule has 1 unspecified atom stereocenters. The van der Waals surface area contributed by atoms with Crippen LogP contribution >= 0.6 is 0 Å². The van der Waals surface area contributed by atoms with Gasteiger partial charge in [-0.25, -0.2) is 0 Å². The number of rotatable bonds is 6. The summed E-state index contributed by atoms with van der Waals surface area (Å²) in [7, 11) is 2.09. The number of anilines is 1. The second kappa shape index (κ2) is 7.81. The molecule has 0 bridgehead atoms. The lowest BCUT2D eigenvalue weighted by molar-refractivity contribution is 0.227. The van der Waals surface area contributed by atoms with Gasteiger partial charge in [0.25, 0.3) is 0 Å². The molecule has 1 aromatic rings. The van der Waals surface area contributed by atoms with Crippen LogP contribution in [0, 0.1) is 13.8 Å². The van der Waals surface area contributed by atoms with Gasteiger partial charge in [0.2, 0.25) is 0 Å². The highest BCUT2D eigenvalue weighted by molar-refractivity contribution is 5.56. The van der Waals surface area contributed by atoms with Crippen molar-refractivity contribution in [3.63, 3.8) is 0 Å².